The van der Waals surface area contributed by atoms with Gasteiger partial charge in [0.1, 0.15) is 11.6 Å². The second-order valence-electron chi connectivity index (χ2n) is 5.23. The number of rotatable bonds is 3. The highest BCUT2D eigenvalue weighted by Crippen LogP contribution is 2.26. The summed E-state index contributed by atoms with van der Waals surface area (Å²) in [6.45, 7) is 1.88. The van der Waals surface area contributed by atoms with Gasteiger partial charge in [-0.05, 0) is 31.2 Å². The third-order valence-corrected chi connectivity index (χ3v) is 3.45. The second kappa shape index (κ2) is 5.53. The monoisotopic (exact) mass is 302 g/mol. The van der Waals surface area contributed by atoms with Gasteiger partial charge in [0.05, 0.1) is 22.9 Å². The van der Waals surface area contributed by atoms with E-state index in [9.17, 15) is 0 Å². The molecule has 0 atom stereocenters. The fraction of sp³-hybridized carbons (Fsp3) is 0.0556. The fourth-order valence-corrected chi connectivity index (χ4v) is 2.41. The number of H-pyrrole nitrogens is 1. The first-order valence-electron chi connectivity index (χ1n) is 7.30. The van der Waals surface area contributed by atoms with E-state index in [0.717, 1.165) is 28.1 Å². The molecule has 2 aromatic heterocycles. The van der Waals surface area contributed by atoms with E-state index >= 15 is 0 Å². The SMILES string of the molecule is Cc1cncc(Oc2cccc(-c3nc4ccccc4[nH]3)c2)n1. The van der Waals surface area contributed by atoms with E-state index in [1.807, 2.05) is 55.5 Å². The van der Waals surface area contributed by atoms with E-state index in [-0.39, 0.29) is 0 Å². The van der Waals surface area contributed by atoms with Gasteiger partial charge in [-0.3, -0.25) is 4.98 Å². The van der Waals surface area contributed by atoms with Crippen LogP contribution in [0.5, 0.6) is 11.6 Å². The van der Waals surface area contributed by atoms with Crippen molar-refractivity contribution in [1.29, 1.82) is 0 Å². The zero-order valence-electron chi connectivity index (χ0n) is 12.5. The number of para-hydroxylation sites is 2. The molecule has 0 bridgehead atoms. The Balaban J connectivity index is 1.68. The zero-order valence-corrected chi connectivity index (χ0v) is 12.5. The molecule has 0 aliphatic rings. The average molecular weight is 302 g/mol. The molecule has 0 fully saturated rings. The molecule has 0 aliphatic heterocycles. The smallest absolute Gasteiger partial charge is 0.238 e. The first-order valence-corrected chi connectivity index (χ1v) is 7.30. The van der Waals surface area contributed by atoms with Gasteiger partial charge in [-0.1, -0.05) is 24.3 Å². The minimum absolute atomic E-state index is 0.478. The third kappa shape index (κ3) is 2.76. The van der Waals surface area contributed by atoms with Crippen LogP contribution in [0.2, 0.25) is 0 Å². The highest BCUT2D eigenvalue weighted by atomic mass is 16.5. The van der Waals surface area contributed by atoms with Crippen LogP contribution in [-0.4, -0.2) is 19.9 Å². The van der Waals surface area contributed by atoms with Gasteiger partial charge in [0, 0.05) is 11.8 Å². The number of hydrogen-bond acceptors (Lipinski definition) is 4. The Labute approximate surface area is 133 Å². The lowest BCUT2D eigenvalue weighted by Crippen LogP contribution is -1.91. The molecular weight excluding hydrogens is 288 g/mol. The maximum Gasteiger partial charge on any atom is 0.238 e. The predicted molar refractivity (Wildman–Crippen MR) is 88.4 cm³/mol. The minimum Gasteiger partial charge on any atom is -0.437 e. The molecule has 0 aliphatic carbocycles. The first kappa shape index (κ1) is 13.5. The molecule has 112 valence electrons. The number of benzene rings is 2. The summed E-state index contributed by atoms with van der Waals surface area (Å²) in [6.07, 6.45) is 3.29. The average Bonchev–Trinajstić information content (AvgIpc) is 2.99. The quantitative estimate of drug-likeness (QED) is 0.618. The summed E-state index contributed by atoms with van der Waals surface area (Å²) in [5.41, 5.74) is 3.73. The van der Waals surface area contributed by atoms with Crippen molar-refractivity contribution in [1.82, 2.24) is 19.9 Å². The summed E-state index contributed by atoms with van der Waals surface area (Å²) in [4.78, 5) is 16.3. The Morgan fingerprint density at radius 2 is 1.87 bits per heavy atom. The van der Waals surface area contributed by atoms with Gasteiger partial charge in [0.2, 0.25) is 5.88 Å². The maximum absolute atomic E-state index is 5.78. The molecule has 23 heavy (non-hydrogen) atoms. The first-order chi connectivity index (χ1) is 11.3. The van der Waals surface area contributed by atoms with Crippen molar-refractivity contribution in [3.63, 3.8) is 0 Å². The number of aromatic amines is 1. The van der Waals surface area contributed by atoms with Crippen LogP contribution in [0, 0.1) is 6.92 Å². The lowest BCUT2D eigenvalue weighted by atomic mass is 10.2. The van der Waals surface area contributed by atoms with Crippen LogP contribution < -0.4 is 4.74 Å². The molecule has 2 heterocycles. The third-order valence-electron chi connectivity index (χ3n) is 3.45. The molecule has 0 spiro atoms. The zero-order chi connectivity index (χ0) is 15.6. The van der Waals surface area contributed by atoms with Crippen LogP contribution in [0.25, 0.3) is 22.4 Å². The molecule has 4 aromatic rings. The van der Waals surface area contributed by atoms with Gasteiger partial charge in [-0.2, -0.15) is 0 Å². The summed E-state index contributed by atoms with van der Waals surface area (Å²) in [5.74, 6) is 1.99. The minimum atomic E-state index is 0.478. The Morgan fingerprint density at radius 1 is 0.957 bits per heavy atom. The molecule has 5 nitrogen and oxygen atoms in total. The number of ether oxygens (including phenoxy) is 1. The van der Waals surface area contributed by atoms with E-state index in [1.54, 1.807) is 12.4 Å². The maximum atomic E-state index is 5.78. The van der Waals surface area contributed by atoms with Crippen LogP contribution in [0.4, 0.5) is 0 Å². The summed E-state index contributed by atoms with van der Waals surface area (Å²) in [5, 5.41) is 0. The highest BCUT2D eigenvalue weighted by molar-refractivity contribution is 5.79. The number of aromatic nitrogens is 4. The molecule has 1 N–H and O–H groups in total. The fourth-order valence-electron chi connectivity index (χ4n) is 2.41. The normalized spacial score (nSPS) is 10.8. The van der Waals surface area contributed by atoms with Crippen molar-refractivity contribution >= 4 is 11.0 Å². The largest absolute Gasteiger partial charge is 0.437 e. The van der Waals surface area contributed by atoms with Gasteiger partial charge in [-0.25, -0.2) is 9.97 Å². The number of imidazole rings is 1. The van der Waals surface area contributed by atoms with Gasteiger partial charge in [0.25, 0.3) is 0 Å². The lowest BCUT2D eigenvalue weighted by molar-refractivity contribution is 0.459. The van der Waals surface area contributed by atoms with Gasteiger partial charge in [-0.15, -0.1) is 0 Å². The molecule has 0 unspecified atom stereocenters. The second-order valence-corrected chi connectivity index (χ2v) is 5.23. The number of aryl methyl sites for hydroxylation is 1. The Bertz CT molecular complexity index is 944. The summed E-state index contributed by atoms with van der Waals surface area (Å²) in [7, 11) is 0. The van der Waals surface area contributed by atoms with Crippen molar-refractivity contribution in [3.8, 4) is 23.0 Å². The number of fused-ring (bicyclic) bond motifs is 1. The van der Waals surface area contributed by atoms with Gasteiger partial charge >= 0.3 is 0 Å². The molecule has 0 saturated carbocycles. The van der Waals surface area contributed by atoms with Crippen molar-refractivity contribution < 1.29 is 4.74 Å². The van der Waals surface area contributed by atoms with E-state index in [1.165, 1.54) is 0 Å². The van der Waals surface area contributed by atoms with Crippen molar-refractivity contribution in [2.45, 2.75) is 6.92 Å². The Kier molecular flexibility index (Phi) is 3.24. The van der Waals surface area contributed by atoms with Crippen molar-refractivity contribution in [2.24, 2.45) is 0 Å². The lowest BCUT2D eigenvalue weighted by Gasteiger charge is -2.06. The van der Waals surface area contributed by atoms with E-state index in [2.05, 4.69) is 19.9 Å². The van der Waals surface area contributed by atoms with E-state index in [4.69, 9.17) is 4.74 Å². The molecule has 0 amide bonds. The Hall–Kier alpha value is -3.21. The summed E-state index contributed by atoms with van der Waals surface area (Å²) >= 11 is 0. The van der Waals surface area contributed by atoms with Crippen LogP contribution >= 0.6 is 0 Å². The predicted octanol–water partition coefficient (Wildman–Crippen LogP) is 4.12. The summed E-state index contributed by atoms with van der Waals surface area (Å²) < 4.78 is 5.78. The molecular formula is C18H14N4O. The molecule has 0 saturated heterocycles. The topological polar surface area (TPSA) is 63.7 Å². The molecule has 0 radical (unpaired) electrons. The van der Waals surface area contributed by atoms with Crippen LogP contribution in [-0.2, 0) is 0 Å². The van der Waals surface area contributed by atoms with E-state index < -0.39 is 0 Å². The highest BCUT2D eigenvalue weighted by Gasteiger charge is 2.07. The van der Waals surface area contributed by atoms with Gasteiger partial charge in [0.15, 0.2) is 0 Å². The Morgan fingerprint density at radius 3 is 2.74 bits per heavy atom. The van der Waals surface area contributed by atoms with Crippen LogP contribution in [0.1, 0.15) is 5.69 Å². The standard InChI is InChI=1S/C18H14N4O/c1-12-10-19-11-17(20-12)23-14-6-4-5-13(9-14)18-21-15-7-2-3-8-16(15)22-18/h2-11H,1H3,(H,21,22). The molecule has 4 rings (SSSR count). The van der Waals surface area contributed by atoms with E-state index in [0.29, 0.717) is 11.6 Å². The summed E-state index contributed by atoms with van der Waals surface area (Å²) in [6, 6.07) is 15.7. The van der Waals surface area contributed by atoms with Crippen molar-refractivity contribution in [3.05, 3.63) is 66.6 Å². The van der Waals surface area contributed by atoms with Crippen molar-refractivity contribution in [2.75, 3.05) is 0 Å². The number of nitrogens with zero attached hydrogens (tertiary/aromatic N) is 3. The van der Waals surface area contributed by atoms with Gasteiger partial charge < -0.3 is 9.72 Å². The molecule has 2 aromatic carbocycles. The molecule has 5 heteroatoms. The van der Waals surface area contributed by atoms with Crippen LogP contribution in [0.3, 0.4) is 0 Å². The van der Waals surface area contributed by atoms with Crippen LogP contribution in [0.15, 0.2) is 60.9 Å². The number of nitrogens with one attached hydrogen (secondary N) is 1. The number of hydrogen-bond donors (Lipinski definition) is 1.